The van der Waals surface area contributed by atoms with E-state index in [9.17, 15) is 4.39 Å². The van der Waals surface area contributed by atoms with Crippen LogP contribution >= 0.6 is 0 Å². The Kier molecular flexibility index (Phi) is 4.72. The van der Waals surface area contributed by atoms with Crippen LogP contribution in [0.25, 0.3) is 0 Å². The molecule has 0 radical (unpaired) electrons. The summed E-state index contributed by atoms with van der Waals surface area (Å²) in [6, 6.07) is 7.47. The van der Waals surface area contributed by atoms with Crippen molar-refractivity contribution in [3.05, 3.63) is 35.6 Å². The van der Waals surface area contributed by atoms with Gasteiger partial charge in [0.15, 0.2) is 0 Å². The van der Waals surface area contributed by atoms with Crippen LogP contribution in [0.15, 0.2) is 24.3 Å². The lowest BCUT2D eigenvalue weighted by Gasteiger charge is -2.35. The van der Waals surface area contributed by atoms with Crippen molar-refractivity contribution in [3.63, 3.8) is 0 Å². The van der Waals surface area contributed by atoms with Crippen LogP contribution in [0.2, 0.25) is 0 Å². The molecule has 1 heterocycles. The average molecular weight is 250 g/mol. The van der Waals surface area contributed by atoms with Crippen molar-refractivity contribution in [2.45, 2.75) is 26.3 Å². The highest BCUT2D eigenvalue weighted by molar-refractivity contribution is 5.16. The minimum atomic E-state index is -0.152. The Morgan fingerprint density at radius 1 is 1.33 bits per heavy atom. The van der Waals surface area contributed by atoms with Gasteiger partial charge < -0.3 is 10.2 Å². The molecule has 1 N–H and O–H groups in total. The first-order valence-corrected chi connectivity index (χ1v) is 6.85. The smallest absolute Gasteiger partial charge is 0.123 e. The second-order valence-electron chi connectivity index (χ2n) is 5.48. The summed E-state index contributed by atoms with van der Waals surface area (Å²) in [6.07, 6.45) is 1.01. The molecular formula is C15H23FN2. The van der Waals surface area contributed by atoms with Crippen LogP contribution in [0.4, 0.5) is 4.39 Å². The number of rotatable bonds is 4. The van der Waals surface area contributed by atoms with Gasteiger partial charge in [0, 0.05) is 32.2 Å². The molecule has 1 atom stereocenters. The molecule has 0 amide bonds. The van der Waals surface area contributed by atoms with Gasteiger partial charge in [-0.3, -0.25) is 0 Å². The van der Waals surface area contributed by atoms with E-state index in [1.807, 2.05) is 12.1 Å². The summed E-state index contributed by atoms with van der Waals surface area (Å²) < 4.78 is 12.8. The molecule has 0 bridgehead atoms. The fourth-order valence-electron chi connectivity index (χ4n) is 2.43. The van der Waals surface area contributed by atoms with E-state index in [4.69, 9.17) is 0 Å². The van der Waals surface area contributed by atoms with Crippen LogP contribution in [0.3, 0.4) is 0 Å². The summed E-state index contributed by atoms with van der Waals surface area (Å²) in [4.78, 5) is 2.50. The molecule has 1 aromatic carbocycles. The molecule has 1 saturated heterocycles. The third-order valence-electron chi connectivity index (χ3n) is 3.72. The molecule has 1 fully saturated rings. The van der Waals surface area contributed by atoms with E-state index in [2.05, 4.69) is 24.1 Å². The summed E-state index contributed by atoms with van der Waals surface area (Å²) in [6.45, 7) is 8.91. The van der Waals surface area contributed by atoms with Gasteiger partial charge in [0.2, 0.25) is 0 Å². The quantitative estimate of drug-likeness (QED) is 0.882. The molecule has 1 aromatic rings. The Labute approximate surface area is 109 Å². The van der Waals surface area contributed by atoms with Crippen LogP contribution in [0, 0.1) is 11.7 Å². The summed E-state index contributed by atoms with van der Waals surface area (Å²) in [5, 5.41) is 3.56. The molecule has 0 saturated carbocycles. The first-order chi connectivity index (χ1) is 8.65. The third-order valence-corrected chi connectivity index (χ3v) is 3.72. The van der Waals surface area contributed by atoms with Gasteiger partial charge in [-0.05, 0) is 30.0 Å². The van der Waals surface area contributed by atoms with Crippen molar-refractivity contribution in [2.75, 3.05) is 26.2 Å². The Morgan fingerprint density at radius 2 is 2.06 bits per heavy atom. The zero-order valence-corrected chi connectivity index (χ0v) is 11.3. The van der Waals surface area contributed by atoms with Gasteiger partial charge in [0.1, 0.15) is 5.82 Å². The predicted octanol–water partition coefficient (Wildman–Crippen LogP) is 2.30. The Balaban J connectivity index is 1.81. The fourth-order valence-corrected chi connectivity index (χ4v) is 2.43. The lowest BCUT2D eigenvalue weighted by molar-refractivity contribution is 0.177. The third kappa shape index (κ3) is 3.79. The minimum absolute atomic E-state index is 0.152. The van der Waals surface area contributed by atoms with Gasteiger partial charge in [-0.2, -0.15) is 0 Å². The largest absolute Gasteiger partial charge is 0.311 e. The number of nitrogens with one attached hydrogen (secondary N) is 1. The van der Waals surface area contributed by atoms with Crippen molar-refractivity contribution in [3.8, 4) is 0 Å². The second kappa shape index (κ2) is 6.30. The van der Waals surface area contributed by atoms with Crippen LogP contribution in [0.1, 0.15) is 19.4 Å². The highest BCUT2D eigenvalue weighted by Gasteiger charge is 2.21. The summed E-state index contributed by atoms with van der Waals surface area (Å²) in [7, 11) is 0. The highest BCUT2D eigenvalue weighted by atomic mass is 19.1. The lowest BCUT2D eigenvalue weighted by atomic mass is 10.0. The maximum atomic E-state index is 12.8. The molecule has 0 spiro atoms. The molecule has 0 aromatic heterocycles. The number of halogens is 1. The lowest BCUT2D eigenvalue weighted by Crippen LogP contribution is -2.53. The first kappa shape index (κ1) is 13.5. The minimum Gasteiger partial charge on any atom is -0.311 e. The topological polar surface area (TPSA) is 15.3 Å². The molecule has 2 nitrogen and oxygen atoms in total. The van der Waals surface area contributed by atoms with Gasteiger partial charge in [0.05, 0.1) is 0 Å². The van der Waals surface area contributed by atoms with Gasteiger partial charge in [-0.15, -0.1) is 0 Å². The van der Waals surface area contributed by atoms with Crippen LogP contribution in [-0.4, -0.2) is 37.1 Å². The molecule has 100 valence electrons. The predicted molar refractivity (Wildman–Crippen MR) is 73.2 cm³/mol. The molecule has 3 heteroatoms. The summed E-state index contributed by atoms with van der Waals surface area (Å²) >= 11 is 0. The summed E-state index contributed by atoms with van der Waals surface area (Å²) in [5.74, 6) is 0.527. The van der Waals surface area contributed by atoms with Crippen molar-refractivity contribution in [1.29, 1.82) is 0 Å². The van der Waals surface area contributed by atoms with E-state index in [-0.39, 0.29) is 5.82 Å². The van der Waals surface area contributed by atoms with E-state index in [0.717, 1.165) is 32.6 Å². The number of hydrogen-bond acceptors (Lipinski definition) is 2. The van der Waals surface area contributed by atoms with E-state index in [0.29, 0.717) is 12.0 Å². The SMILES string of the molecule is CC(C)C1CN(CCc2ccc(F)cc2)CCN1. The van der Waals surface area contributed by atoms with Gasteiger partial charge >= 0.3 is 0 Å². The van der Waals surface area contributed by atoms with Gasteiger partial charge in [-0.1, -0.05) is 26.0 Å². The average Bonchev–Trinajstić information content (AvgIpc) is 2.38. The molecule has 1 aliphatic rings. The molecule has 2 rings (SSSR count). The molecule has 18 heavy (non-hydrogen) atoms. The van der Waals surface area contributed by atoms with E-state index >= 15 is 0 Å². The zero-order chi connectivity index (χ0) is 13.0. The number of nitrogens with zero attached hydrogens (tertiary/aromatic N) is 1. The second-order valence-corrected chi connectivity index (χ2v) is 5.48. The van der Waals surface area contributed by atoms with Gasteiger partial charge in [0.25, 0.3) is 0 Å². The van der Waals surface area contributed by atoms with Crippen LogP contribution < -0.4 is 5.32 Å². The Bertz CT molecular complexity index is 361. The van der Waals surface area contributed by atoms with Crippen molar-refractivity contribution in [1.82, 2.24) is 10.2 Å². The number of piperazine rings is 1. The van der Waals surface area contributed by atoms with E-state index < -0.39 is 0 Å². The molecule has 1 unspecified atom stereocenters. The number of hydrogen-bond donors (Lipinski definition) is 1. The van der Waals surface area contributed by atoms with Crippen molar-refractivity contribution < 1.29 is 4.39 Å². The first-order valence-electron chi connectivity index (χ1n) is 6.85. The highest BCUT2D eigenvalue weighted by Crippen LogP contribution is 2.10. The molecule has 1 aliphatic heterocycles. The van der Waals surface area contributed by atoms with Crippen LogP contribution in [0.5, 0.6) is 0 Å². The Hall–Kier alpha value is -0.930. The fraction of sp³-hybridized carbons (Fsp3) is 0.600. The Morgan fingerprint density at radius 3 is 2.72 bits per heavy atom. The van der Waals surface area contributed by atoms with Crippen molar-refractivity contribution >= 4 is 0 Å². The summed E-state index contributed by atoms with van der Waals surface area (Å²) in [5.41, 5.74) is 1.22. The van der Waals surface area contributed by atoms with E-state index in [1.54, 1.807) is 12.1 Å². The van der Waals surface area contributed by atoms with E-state index in [1.165, 1.54) is 5.56 Å². The molecular weight excluding hydrogens is 227 g/mol. The maximum absolute atomic E-state index is 12.8. The monoisotopic (exact) mass is 250 g/mol. The van der Waals surface area contributed by atoms with Crippen molar-refractivity contribution in [2.24, 2.45) is 5.92 Å². The maximum Gasteiger partial charge on any atom is 0.123 e. The number of benzene rings is 1. The normalized spacial score (nSPS) is 21.4. The standard InChI is InChI=1S/C15H23FN2/c1-12(2)15-11-18(10-8-17-15)9-7-13-3-5-14(16)6-4-13/h3-6,12,15,17H,7-11H2,1-2H3. The molecule has 0 aliphatic carbocycles. The zero-order valence-electron chi connectivity index (χ0n) is 11.3. The van der Waals surface area contributed by atoms with Gasteiger partial charge in [-0.25, -0.2) is 4.39 Å². The van der Waals surface area contributed by atoms with Crippen LogP contribution in [-0.2, 0) is 6.42 Å².